The predicted octanol–water partition coefficient (Wildman–Crippen LogP) is 3.78. The molecule has 0 bridgehead atoms. The molecule has 140 valence electrons. The van der Waals surface area contributed by atoms with Gasteiger partial charge in [-0.25, -0.2) is 9.97 Å². The van der Waals surface area contributed by atoms with Gasteiger partial charge in [0, 0.05) is 5.54 Å². The number of anilines is 1. The summed E-state index contributed by atoms with van der Waals surface area (Å²) in [5.74, 6) is 0.497. The summed E-state index contributed by atoms with van der Waals surface area (Å²) < 4.78 is 2.01. The smallest absolute Gasteiger partial charge is 0.229 e. The van der Waals surface area contributed by atoms with Gasteiger partial charge >= 0.3 is 0 Å². The van der Waals surface area contributed by atoms with E-state index in [-0.39, 0.29) is 23.8 Å². The number of imidazole rings is 1. The van der Waals surface area contributed by atoms with Crippen molar-refractivity contribution in [3.8, 4) is 0 Å². The van der Waals surface area contributed by atoms with Gasteiger partial charge in [0.15, 0.2) is 5.65 Å². The van der Waals surface area contributed by atoms with Gasteiger partial charge in [0.05, 0.1) is 12.0 Å². The molecule has 1 amide bonds. The summed E-state index contributed by atoms with van der Waals surface area (Å²) in [6, 6.07) is 1.90. The van der Waals surface area contributed by atoms with Crippen molar-refractivity contribution in [2.45, 2.75) is 70.4 Å². The second-order valence-electron chi connectivity index (χ2n) is 8.42. The third-order valence-corrected chi connectivity index (χ3v) is 6.34. The minimum Gasteiger partial charge on any atom is -0.389 e. The second-order valence-corrected chi connectivity index (χ2v) is 8.77. The van der Waals surface area contributed by atoms with Gasteiger partial charge in [-0.2, -0.15) is 0 Å². The van der Waals surface area contributed by atoms with Crippen LogP contribution in [0.25, 0.3) is 11.2 Å². The van der Waals surface area contributed by atoms with E-state index >= 15 is 0 Å². The molecule has 0 radical (unpaired) electrons. The molecule has 6 nitrogen and oxygen atoms in total. The summed E-state index contributed by atoms with van der Waals surface area (Å²) in [4.78, 5) is 21.7. The lowest BCUT2D eigenvalue weighted by atomic mass is 9.78. The fraction of sp³-hybridized carbons (Fsp3) is 0.632. The Labute approximate surface area is 158 Å². The van der Waals surface area contributed by atoms with Crippen LogP contribution in [0.15, 0.2) is 6.07 Å². The van der Waals surface area contributed by atoms with Gasteiger partial charge in [0.1, 0.15) is 10.7 Å². The zero-order valence-corrected chi connectivity index (χ0v) is 16.2. The average Bonchev–Trinajstić information content (AvgIpc) is 3.30. The first kappa shape index (κ1) is 17.7. The Morgan fingerprint density at radius 1 is 1.46 bits per heavy atom. The molecule has 2 saturated carbocycles. The topological polar surface area (TPSA) is 80.0 Å². The molecule has 2 aliphatic rings. The molecule has 2 aromatic heterocycles. The Morgan fingerprint density at radius 3 is 2.73 bits per heavy atom. The van der Waals surface area contributed by atoms with Crippen molar-refractivity contribution in [1.82, 2.24) is 14.5 Å². The van der Waals surface area contributed by atoms with Crippen LogP contribution in [0.2, 0.25) is 5.15 Å². The van der Waals surface area contributed by atoms with E-state index in [4.69, 9.17) is 11.6 Å². The number of halogens is 1. The van der Waals surface area contributed by atoms with Crippen molar-refractivity contribution in [1.29, 1.82) is 0 Å². The Kier molecular flexibility index (Phi) is 4.04. The quantitative estimate of drug-likeness (QED) is 0.778. The Balaban J connectivity index is 1.69. The van der Waals surface area contributed by atoms with Crippen LogP contribution in [0.5, 0.6) is 0 Å². The maximum atomic E-state index is 12.6. The fourth-order valence-corrected chi connectivity index (χ4v) is 4.06. The summed E-state index contributed by atoms with van der Waals surface area (Å²) in [6.07, 6.45) is 5.20. The number of carbonyl (C=O) groups excluding carboxylic acids is 1. The monoisotopic (exact) mass is 376 g/mol. The van der Waals surface area contributed by atoms with Crippen molar-refractivity contribution in [3.05, 3.63) is 16.8 Å². The maximum absolute atomic E-state index is 12.6. The van der Waals surface area contributed by atoms with Crippen LogP contribution >= 0.6 is 11.6 Å². The number of aromatic nitrogens is 3. The van der Waals surface area contributed by atoms with Crippen molar-refractivity contribution in [2.75, 3.05) is 5.32 Å². The number of hydrogen-bond donors (Lipinski definition) is 2. The number of hydrogen-bond acceptors (Lipinski definition) is 4. The first-order chi connectivity index (χ1) is 12.2. The number of carbonyl (C=O) groups is 1. The van der Waals surface area contributed by atoms with Crippen molar-refractivity contribution < 1.29 is 9.90 Å². The lowest BCUT2D eigenvalue weighted by Gasteiger charge is -2.40. The van der Waals surface area contributed by atoms with Crippen LogP contribution in [0, 0.1) is 12.8 Å². The van der Waals surface area contributed by atoms with Crippen LogP contribution in [0.4, 0.5) is 5.95 Å². The van der Waals surface area contributed by atoms with E-state index in [2.05, 4.69) is 22.2 Å². The highest BCUT2D eigenvalue weighted by atomic mass is 35.5. The summed E-state index contributed by atoms with van der Waals surface area (Å²) in [5.41, 5.74) is 1.20. The standard InChI is InChI=1S/C19H25ClN4O2/c1-11-9-13-16(23-15(11)20)24(18(2)7-4-8-18)17(21-13)22-14(25)10-19(3,26)12-5-6-12/h9,12,26H,4-8,10H2,1-3H3,(H,21,22,25). The van der Waals surface area contributed by atoms with E-state index in [9.17, 15) is 9.90 Å². The molecule has 1 atom stereocenters. The molecule has 0 aliphatic heterocycles. The zero-order valence-electron chi connectivity index (χ0n) is 15.5. The number of nitrogens with zero attached hydrogens (tertiary/aromatic N) is 3. The third-order valence-electron chi connectivity index (χ3n) is 5.96. The summed E-state index contributed by atoms with van der Waals surface area (Å²) in [7, 11) is 0. The molecule has 26 heavy (non-hydrogen) atoms. The third kappa shape index (κ3) is 2.99. The fourth-order valence-electron chi connectivity index (χ4n) is 3.93. The van der Waals surface area contributed by atoms with Crippen LogP contribution < -0.4 is 5.32 Å². The second kappa shape index (κ2) is 5.92. The lowest BCUT2D eigenvalue weighted by molar-refractivity contribution is -0.121. The number of aryl methyl sites for hydroxylation is 1. The van der Waals surface area contributed by atoms with Gasteiger partial charge in [-0.05, 0) is 70.4 Å². The van der Waals surface area contributed by atoms with E-state index < -0.39 is 5.60 Å². The van der Waals surface area contributed by atoms with Crippen LogP contribution in [0.1, 0.15) is 57.9 Å². The number of amides is 1. The first-order valence-electron chi connectivity index (χ1n) is 9.28. The SMILES string of the molecule is Cc1cc2nc(NC(=O)CC(C)(O)C3CC3)n(C3(C)CCC3)c2nc1Cl. The number of aliphatic hydroxyl groups is 1. The van der Waals surface area contributed by atoms with Crippen LogP contribution in [-0.4, -0.2) is 31.1 Å². The van der Waals surface area contributed by atoms with Gasteiger partial charge < -0.3 is 5.11 Å². The van der Waals surface area contributed by atoms with Crippen LogP contribution in [-0.2, 0) is 10.3 Å². The van der Waals surface area contributed by atoms with Gasteiger partial charge in [0.25, 0.3) is 0 Å². The molecule has 2 heterocycles. The lowest BCUT2D eigenvalue weighted by Crippen LogP contribution is -2.39. The molecule has 0 saturated heterocycles. The highest BCUT2D eigenvalue weighted by Gasteiger charge is 2.42. The number of pyridine rings is 1. The Bertz CT molecular complexity index is 881. The van der Waals surface area contributed by atoms with Gasteiger partial charge in [-0.3, -0.25) is 14.7 Å². The highest BCUT2D eigenvalue weighted by Crippen LogP contribution is 2.44. The van der Waals surface area contributed by atoms with E-state index in [1.54, 1.807) is 6.92 Å². The summed E-state index contributed by atoms with van der Waals surface area (Å²) in [5, 5.41) is 13.9. The number of nitrogens with one attached hydrogen (secondary N) is 1. The minimum absolute atomic E-state index is 0.0742. The maximum Gasteiger partial charge on any atom is 0.229 e. The van der Waals surface area contributed by atoms with Gasteiger partial charge in [0.2, 0.25) is 11.9 Å². The number of rotatable bonds is 5. The number of fused-ring (bicyclic) bond motifs is 1. The average molecular weight is 377 g/mol. The normalized spacial score (nSPS) is 21.3. The van der Waals surface area contributed by atoms with E-state index in [0.717, 1.165) is 43.2 Å². The van der Waals surface area contributed by atoms with E-state index in [1.165, 1.54) is 0 Å². The molecule has 0 aromatic carbocycles. The van der Waals surface area contributed by atoms with Crippen LogP contribution in [0.3, 0.4) is 0 Å². The van der Waals surface area contributed by atoms with Crippen molar-refractivity contribution >= 4 is 34.6 Å². The zero-order chi connectivity index (χ0) is 18.7. The minimum atomic E-state index is -0.959. The molecule has 2 aromatic rings. The Hall–Kier alpha value is -1.66. The van der Waals surface area contributed by atoms with Crippen molar-refractivity contribution in [3.63, 3.8) is 0 Å². The predicted molar refractivity (Wildman–Crippen MR) is 101 cm³/mol. The Morgan fingerprint density at radius 2 is 2.15 bits per heavy atom. The molecular weight excluding hydrogens is 352 g/mol. The molecule has 4 rings (SSSR count). The van der Waals surface area contributed by atoms with Gasteiger partial charge in [-0.15, -0.1) is 0 Å². The largest absolute Gasteiger partial charge is 0.389 e. The highest BCUT2D eigenvalue weighted by molar-refractivity contribution is 6.30. The summed E-state index contributed by atoms with van der Waals surface area (Å²) in [6.45, 7) is 5.79. The molecule has 7 heteroatoms. The van der Waals surface area contributed by atoms with Crippen molar-refractivity contribution in [2.24, 2.45) is 5.92 Å². The first-order valence-corrected chi connectivity index (χ1v) is 9.66. The molecule has 0 spiro atoms. The van der Waals surface area contributed by atoms with Gasteiger partial charge in [-0.1, -0.05) is 11.6 Å². The molecular formula is C19H25ClN4O2. The van der Waals surface area contributed by atoms with E-state index in [0.29, 0.717) is 16.7 Å². The molecule has 2 aliphatic carbocycles. The van der Waals surface area contributed by atoms with E-state index in [1.807, 2.05) is 17.6 Å². The summed E-state index contributed by atoms with van der Waals surface area (Å²) >= 11 is 6.24. The molecule has 2 fully saturated rings. The molecule has 2 N–H and O–H groups in total. The molecule has 1 unspecified atom stereocenters.